The van der Waals surface area contributed by atoms with Crippen LogP contribution in [0.1, 0.15) is 27.2 Å². The van der Waals surface area contributed by atoms with Crippen LogP contribution < -0.4 is 10.1 Å². The molecule has 0 aliphatic carbocycles. The lowest BCUT2D eigenvalue weighted by molar-refractivity contribution is 0.102. The first-order chi connectivity index (χ1) is 12.9. The van der Waals surface area contributed by atoms with Gasteiger partial charge in [0, 0.05) is 11.3 Å². The Morgan fingerprint density at radius 3 is 2.63 bits per heavy atom. The predicted molar refractivity (Wildman–Crippen MR) is 109 cm³/mol. The van der Waals surface area contributed by atoms with Crippen LogP contribution in [-0.2, 0) is 6.61 Å². The maximum absolute atomic E-state index is 12.5. The summed E-state index contributed by atoms with van der Waals surface area (Å²) in [4.78, 5) is 16.9. The first-order valence-electron chi connectivity index (χ1n) is 8.35. The maximum Gasteiger partial charge on any atom is 0.256 e. The summed E-state index contributed by atoms with van der Waals surface area (Å²) in [6.07, 6.45) is 0. The summed E-state index contributed by atoms with van der Waals surface area (Å²) in [5, 5.41) is 3.63. The van der Waals surface area contributed by atoms with Crippen LogP contribution in [0.4, 0.5) is 5.82 Å². The van der Waals surface area contributed by atoms with Crippen LogP contribution in [0.2, 0.25) is 10.0 Å². The van der Waals surface area contributed by atoms with Gasteiger partial charge in [0.1, 0.15) is 23.2 Å². The van der Waals surface area contributed by atoms with Gasteiger partial charge in [-0.3, -0.25) is 4.79 Å². The first kappa shape index (κ1) is 19.2. The van der Waals surface area contributed by atoms with Crippen molar-refractivity contribution in [1.29, 1.82) is 0 Å². The van der Waals surface area contributed by atoms with Gasteiger partial charge in [0.2, 0.25) is 0 Å². The van der Waals surface area contributed by atoms with E-state index in [2.05, 4.69) is 10.3 Å². The van der Waals surface area contributed by atoms with Gasteiger partial charge >= 0.3 is 0 Å². The normalized spacial score (nSPS) is 10.5. The highest BCUT2D eigenvalue weighted by Crippen LogP contribution is 2.32. The molecule has 138 valence electrons. The third-order valence-electron chi connectivity index (χ3n) is 3.84. The molecule has 3 aromatic rings. The molecular weight excluding hydrogens is 383 g/mol. The van der Waals surface area contributed by atoms with E-state index in [0.717, 1.165) is 16.8 Å². The number of rotatable bonds is 5. The molecule has 0 fully saturated rings. The van der Waals surface area contributed by atoms with Gasteiger partial charge in [-0.25, -0.2) is 4.98 Å². The van der Waals surface area contributed by atoms with E-state index in [0.29, 0.717) is 27.2 Å². The number of nitrogens with zero attached hydrogens (tertiary/aromatic N) is 1. The van der Waals surface area contributed by atoms with E-state index in [4.69, 9.17) is 27.9 Å². The Morgan fingerprint density at radius 2 is 1.85 bits per heavy atom. The smallest absolute Gasteiger partial charge is 0.256 e. The van der Waals surface area contributed by atoms with Crippen LogP contribution in [0.5, 0.6) is 5.75 Å². The molecule has 0 aliphatic rings. The van der Waals surface area contributed by atoms with Gasteiger partial charge in [0.15, 0.2) is 0 Å². The van der Waals surface area contributed by atoms with Crippen molar-refractivity contribution < 1.29 is 9.53 Å². The van der Waals surface area contributed by atoms with Gasteiger partial charge in [-0.15, -0.1) is 0 Å². The highest BCUT2D eigenvalue weighted by atomic mass is 35.5. The van der Waals surface area contributed by atoms with Gasteiger partial charge in [-0.05, 0) is 61.4 Å². The van der Waals surface area contributed by atoms with Crippen molar-refractivity contribution in [2.75, 3.05) is 5.32 Å². The van der Waals surface area contributed by atoms with Gasteiger partial charge in [-0.2, -0.15) is 0 Å². The predicted octanol–water partition coefficient (Wildman–Crippen LogP) is 5.84. The van der Waals surface area contributed by atoms with E-state index in [1.807, 2.05) is 38.1 Å². The summed E-state index contributed by atoms with van der Waals surface area (Å²) in [7, 11) is 0. The summed E-state index contributed by atoms with van der Waals surface area (Å²) in [6.45, 7) is 4.12. The zero-order chi connectivity index (χ0) is 19.4. The molecule has 4 nitrogen and oxygen atoms in total. The van der Waals surface area contributed by atoms with Gasteiger partial charge in [0.05, 0.1) is 5.02 Å². The number of ether oxygens (including phenoxy) is 1. The molecule has 1 amide bonds. The first-order valence-corrected chi connectivity index (χ1v) is 9.10. The summed E-state index contributed by atoms with van der Waals surface area (Å²) >= 11 is 12.1. The van der Waals surface area contributed by atoms with E-state index in [-0.39, 0.29) is 12.5 Å². The molecule has 1 aromatic heterocycles. The summed E-state index contributed by atoms with van der Waals surface area (Å²) in [5.74, 6) is 0.804. The molecule has 6 heteroatoms. The van der Waals surface area contributed by atoms with Crippen LogP contribution in [-0.4, -0.2) is 10.9 Å². The van der Waals surface area contributed by atoms with Crippen molar-refractivity contribution in [3.8, 4) is 5.75 Å². The van der Waals surface area contributed by atoms with Crippen LogP contribution in [0, 0.1) is 13.8 Å². The second-order valence-electron chi connectivity index (χ2n) is 6.17. The molecule has 3 rings (SSSR count). The number of anilines is 1. The third kappa shape index (κ3) is 5.00. The molecule has 0 radical (unpaired) electrons. The maximum atomic E-state index is 12.5. The minimum absolute atomic E-state index is 0.227. The fourth-order valence-corrected chi connectivity index (χ4v) is 3.00. The number of aryl methyl sites for hydroxylation is 2. The van der Waals surface area contributed by atoms with Crippen molar-refractivity contribution in [2.45, 2.75) is 20.5 Å². The largest absolute Gasteiger partial charge is 0.487 e. The van der Waals surface area contributed by atoms with Gasteiger partial charge < -0.3 is 10.1 Å². The number of amides is 1. The third-order valence-corrected chi connectivity index (χ3v) is 4.64. The Labute approximate surface area is 168 Å². The minimum Gasteiger partial charge on any atom is -0.487 e. The van der Waals surface area contributed by atoms with E-state index in [9.17, 15) is 4.79 Å². The Bertz CT molecular complexity index is 969. The molecule has 0 aliphatic heterocycles. The number of halogens is 2. The zero-order valence-electron chi connectivity index (χ0n) is 14.9. The number of hydrogen-bond donors (Lipinski definition) is 1. The molecule has 27 heavy (non-hydrogen) atoms. The summed E-state index contributed by atoms with van der Waals surface area (Å²) < 4.78 is 5.73. The Morgan fingerprint density at radius 1 is 1.07 bits per heavy atom. The van der Waals surface area contributed by atoms with E-state index >= 15 is 0 Å². The fourth-order valence-electron chi connectivity index (χ4n) is 2.65. The van der Waals surface area contributed by atoms with E-state index in [1.165, 1.54) is 0 Å². The average Bonchev–Trinajstić information content (AvgIpc) is 2.62. The van der Waals surface area contributed by atoms with Crippen LogP contribution in [0.25, 0.3) is 0 Å². The molecule has 0 bridgehead atoms. The molecule has 0 saturated heterocycles. The standard InChI is InChI=1S/C21H18Cl2N2O2/c1-13-9-14(2)24-19(10-13)25-21(26)16-6-3-5-15(11-16)12-27-18-8-4-7-17(22)20(18)23/h3-11H,12H2,1-2H3,(H,24,25,26). The summed E-state index contributed by atoms with van der Waals surface area (Å²) in [6, 6.07) is 16.2. The zero-order valence-corrected chi connectivity index (χ0v) is 16.4. The lowest BCUT2D eigenvalue weighted by atomic mass is 10.1. The second kappa shape index (κ2) is 8.42. The van der Waals surface area contributed by atoms with E-state index < -0.39 is 0 Å². The number of pyridine rings is 1. The van der Waals surface area contributed by atoms with Crippen LogP contribution in [0.3, 0.4) is 0 Å². The lowest BCUT2D eigenvalue weighted by Crippen LogP contribution is -2.14. The second-order valence-corrected chi connectivity index (χ2v) is 6.95. The van der Waals surface area contributed by atoms with Crippen molar-refractivity contribution in [3.05, 3.63) is 87.0 Å². The topological polar surface area (TPSA) is 51.2 Å². The molecule has 0 spiro atoms. The van der Waals surface area contributed by atoms with Crippen LogP contribution >= 0.6 is 23.2 Å². The number of carbonyl (C=O) groups is 1. The van der Waals surface area contributed by atoms with Gasteiger partial charge in [0.25, 0.3) is 5.91 Å². The monoisotopic (exact) mass is 400 g/mol. The average molecular weight is 401 g/mol. The van der Waals surface area contributed by atoms with E-state index in [1.54, 1.807) is 30.3 Å². The van der Waals surface area contributed by atoms with Crippen molar-refractivity contribution >= 4 is 34.9 Å². The fraction of sp³-hybridized carbons (Fsp3) is 0.143. The Balaban J connectivity index is 1.71. The van der Waals surface area contributed by atoms with Crippen LogP contribution in [0.15, 0.2) is 54.6 Å². The lowest BCUT2D eigenvalue weighted by Gasteiger charge is -2.10. The molecule has 1 N–H and O–H groups in total. The molecule has 2 aromatic carbocycles. The molecule has 1 heterocycles. The minimum atomic E-state index is -0.227. The quantitative estimate of drug-likeness (QED) is 0.585. The highest BCUT2D eigenvalue weighted by Gasteiger charge is 2.10. The molecule has 0 atom stereocenters. The summed E-state index contributed by atoms with van der Waals surface area (Å²) in [5.41, 5.74) is 3.26. The number of carbonyl (C=O) groups excluding carboxylic acids is 1. The molecule has 0 unspecified atom stereocenters. The number of hydrogen-bond acceptors (Lipinski definition) is 3. The number of benzene rings is 2. The molecule has 0 saturated carbocycles. The highest BCUT2D eigenvalue weighted by molar-refractivity contribution is 6.42. The number of aromatic nitrogens is 1. The SMILES string of the molecule is Cc1cc(C)nc(NC(=O)c2cccc(COc3cccc(Cl)c3Cl)c2)c1. The number of nitrogens with one attached hydrogen (secondary N) is 1. The Kier molecular flexibility index (Phi) is 5.99. The Hall–Kier alpha value is -2.56. The van der Waals surface area contributed by atoms with Gasteiger partial charge in [-0.1, -0.05) is 41.4 Å². The molecular formula is C21H18Cl2N2O2. The van der Waals surface area contributed by atoms with Crippen molar-refractivity contribution in [2.24, 2.45) is 0 Å². The van der Waals surface area contributed by atoms with Crippen molar-refractivity contribution in [3.63, 3.8) is 0 Å². The van der Waals surface area contributed by atoms with Crippen molar-refractivity contribution in [1.82, 2.24) is 4.98 Å².